The monoisotopic (exact) mass is 343 g/mol. The molecule has 1 aliphatic heterocycles. The summed E-state index contributed by atoms with van der Waals surface area (Å²) in [5.74, 6) is -1.58. The number of hydrogen-bond donors (Lipinski definition) is 0. The predicted octanol–water partition coefficient (Wildman–Crippen LogP) is 3.72. The number of hydrogen-bond acceptors (Lipinski definition) is 4. The first-order valence-corrected chi connectivity index (χ1v) is 8.37. The van der Waals surface area contributed by atoms with Crippen LogP contribution in [0.4, 0.5) is 10.1 Å². The van der Waals surface area contributed by atoms with E-state index in [9.17, 15) is 14.0 Å². The molecule has 2 aromatic rings. The third kappa shape index (κ3) is 2.59. The van der Waals surface area contributed by atoms with E-state index in [0.29, 0.717) is 5.69 Å². The van der Waals surface area contributed by atoms with Gasteiger partial charge in [0, 0.05) is 16.5 Å². The first kappa shape index (κ1) is 16.3. The molecule has 0 radical (unpaired) electrons. The van der Waals surface area contributed by atoms with Gasteiger partial charge in [0.15, 0.2) is 0 Å². The van der Waals surface area contributed by atoms with Gasteiger partial charge < -0.3 is 4.74 Å². The number of methoxy groups -OCH3 is 1. The zero-order valence-electron chi connectivity index (χ0n) is 13.1. The number of anilines is 1. The van der Waals surface area contributed by atoms with Crippen molar-refractivity contribution in [2.24, 2.45) is 0 Å². The van der Waals surface area contributed by atoms with Gasteiger partial charge in [-0.2, -0.15) is 0 Å². The number of ether oxygens (including phenoxy) is 1. The number of amides is 1. The molecule has 4 nitrogen and oxygen atoms in total. The molecule has 6 heteroatoms. The summed E-state index contributed by atoms with van der Waals surface area (Å²) in [7, 11) is 1.23. The smallest absolute Gasteiger partial charge is 0.332 e. The highest BCUT2D eigenvalue weighted by Crippen LogP contribution is 2.41. The van der Waals surface area contributed by atoms with Crippen LogP contribution >= 0.6 is 11.8 Å². The van der Waals surface area contributed by atoms with E-state index in [1.54, 1.807) is 18.2 Å². The quantitative estimate of drug-likeness (QED) is 0.484. The summed E-state index contributed by atoms with van der Waals surface area (Å²) >= 11 is 1.46. The summed E-state index contributed by atoms with van der Waals surface area (Å²) in [5.41, 5.74) is 1.12. The molecule has 2 aromatic carbocycles. The molecule has 1 amide bonds. The summed E-state index contributed by atoms with van der Waals surface area (Å²) in [4.78, 5) is 26.8. The van der Waals surface area contributed by atoms with Gasteiger partial charge in [0.2, 0.25) is 0 Å². The highest BCUT2D eigenvalue weighted by Gasteiger charge is 2.37. The average molecular weight is 343 g/mol. The number of fused-ring (bicyclic) bond motifs is 1. The van der Waals surface area contributed by atoms with Crippen LogP contribution in [-0.4, -0.2) is 25.2 Å². The van der Waals surface area contributed by atoms with Crippen molar-refractivity contribution in [2.75, 3.05) is 18.3 Å². The Balaban J connectivity index is 2.26. The van der Waals surface area contributed by atoms with Crippen molar-refractivity contribution in [3.05, 3.63) is 65.5 Å². The molecule has 0 unspecified atom stereocenters. The number of benzene rings is 2. The number of carbonyl (C=O) groups is 2. The highest BCUT2D eigenvalue weighted by atomic mass is 32.2. The van der Waals surface area contributed by atoms with Gasteiger partial charge in [0.05, 0.1) is 24.1 Å². The number of rotatable bonds is 3. The van der Waals surface area contributed by atoms with E-state index >= 15 is 0 Å². The molecule has 0 saturated heterocycles. The summed E-state index contributed by atoms with van der Waals surface area (Å²) in [6, 6.07) is 11.6. The van der Waals surface area contributed by atoms with E-state index in [1.807, 2.05) is 18.4 Å². The Hall–Kier alpha value is -2.60. The van der Waals surface area contributed by atoms with E-state index in [-0.39, 0.29) is 22.7 Å². The maximum atomic E-state index is 14.4. The molecule has 0 saturated carbocycles. The van der Waals surface area contributed by atoms with Crippen molar-refractivity contribution in [3.8, 4) is 0 Å². The Kier molecular flexibility index (Phi) is 4.40. The van der Waals surface area contributed by atoms with Gasteiger partial charge in [-0.05, 0) is 30.5 Å². The number of nitrogens with zero attached hydrogens (tertiary/aromatic N) is 1. The molecule has 0 spiro atoms. The SMILES string of the molecule is COC(=O)/C=C1/c2c(F)cccc2C(=O)N1c1ccccc1SC. The summed E-state index contributed by atoms with van der Waals surface area (Å²) < 4.78 is 19.0. The van der Waals surface area contributed by atoms with E-state index in [1.165, 1.54) is 35.9 Å². The Morgan fingerprint density at radius 2 is 1.96 bits per heavy atom. The second kappa shape index (κ2) is 6.49. The van der Waals surface area contributed by atoms with Crippen LogP contribution in [0.25, 0.3) is 5.70 Å². The molecule has 1 aliphatic rings. The van der Waals surface area contributed by atoms with E-state index in [2.05, 4.69) is 4.74 Å². The molecule has 0 N–H and O–H groups in total. The summed E-state index contributed by atoms with van der Waals surface area (Å²) in [6.07, 6.45) is 3.03. The Morgan fingerprint density at radius 3 is 2.67 bits per heavy atom. The molecule has 0 fully saturated rings. The van der Waals surface area contributed by atoms with E-state index in [0.717, 1.165) is 11.0 Å². The molecule has 0 atom stereocenters. The van der Waals surface area contributed by atoms with Crippen LogP contribution in [0.5, 0.6) is 0 Å². The highest BCUT2D eigenvalue weighted by molar-refractivity contribution is 7.98. The maximum absolute atomic E-state index is 14.4. The van der Waals surface area contributed by atoms with E-state index < -0.39 is 11.8 Å². The van der Waals surface area contributed by atoms with Crippen molar-refractivity contribution in [1.82, 2.24) is 0 Å². The standard InChI is InChI=1S/C18H14FNO3S/c1-23-16(21)10-14-17-11(6-5-7-12(17)19)18(22)20(14)13-8-3-4-9-15(13)24-2/h3-10H,1-2H3/b14-10-. The number of thioether (sulfide) groups is 1. The van der Waals surface area contributed by atoms with Crippen LogP contribution in [-0.2, 0) is 9.53 Å². The van der Waals surface area contributed by atoms with Gasteiger partial charge in [0.25, 0.3) is 5.91 Å². The largest absolute Gasteiger partial charge is 0.466 e. The molecule has 0 aromatic heterocycles. The minimum atomic E-state index is -0.652. The third-order valence-corrected chi connectivity index (χ3v) is 4.51. The van der Waals surface area contributed by atoms with Gasteiger partial charge in [-0.15, -0.1) is 11.8 Å². The van der Waals surface area contributed by atoms with Crippen LogP contribution in [0, 0.1) is 5.82 Å². The van der Waals surface area contributed by atoms with Crippen molar-refractivity contribution < 1.29 is 18.7 Å². The second-order valence-corrected chi connectivity index (χ2v) is 5.88. The second-order valence-electron chi connectivity index (χ2n) is 5.03. The van der Waals surface area contributed by atoms with Gasteiger partial charge in [0.1, 0.15) is 5.82 Å². The topological polar surface area (TPSA) is 46.6 Å². The molecule has 0 aliphatic carbocycles. The molecule has 3 rings (SSSR count). The average Bonchev–Trinajstić information content (AvgIpc) is 2.88. The van der Waals surface area contributed by atoms with Crippen LogP contribution in [0.2, 0.25) is 0 Å². The molecule has 122 valence electrons. The van der Waals surface area contributed by atoms with Gasteiger partial charge in [-0.1, -0.05) is 18.2 Å². The fraction of sp³-hybridized carbons (Fsp3) is 0.111. The lowest BCUT2D eigenvalue weighted by atomic mass is 10.1. The van der Waals surface area contributed by atoms with Gasteiger partial charge >= 0.3 is 5.97 Å². The van der Waals surface area contributed by atoms with Crippen LogP contribution in [0.15, 0.2) is 53.4 Å². The van der Waals surface area contributed by atoms with Crippen molar-refractivity contribution in [3.63, 3.8) is 0 Å². The van der Waals surface area contributed by atoms with E-state index in [4.69, 9.17) is 0 Å². The summed E-state index contributed by atoms with van der Waals surface area (Å²) in [5, 5.41) is 0. The van der Waals surface area contributed by atoms with Crippen LogP contribution in [0.3, 0.4) is 0 Å². The molecular weight excluding hydrogens is 329 g/mol. The Labute approximate surface area is 142 Å². The Bertz CT molecular complexity index is 863. The van der Waals surface area contributed by atoms with Crippen molar-refractivity contribution >= 4 is 35.0 Å². The minimum Gasteiger partial charge on any atom is -0.466 e. The Morgan fingerprint density at radius 1 is 1.21 bits per heavy atom. The molecule has 0 bridgehead atoms. The predicted molar refractivity (Wildman–Crippen MR) is 91.4 cm³/mol. The number of carbonyl (C=O) groups excluding carboxylic acids is 2. The fourth-order valence-corrected chi connectivity index (χ4v) is 3.25. The lowest BCUT2D eigenvalue weighted by molar-refractivity contribution is -0.134. The zero-order valence-corrected chi connectivity index (χ0v) is 13.9. The molecule has 24 heavy (non-hydrogen) atoms. The lowest BCUT2D eigenvalue weighted by Gasteiger charge is -2.21. The van der Waals surface area contributed by atoms with Crippen LogP contribution < -0.4 is 4.90 Å². The number of para-hydroxylation sites is 1. The third-order valence-electron chi connectivity index (χ3n) is 3.73. The number of esters is 1. The first-order chi connectivity index (χ1) is 11.6. The minimum absolute atomic E-state index is 0.115. The summed E-state index contributed by atoms with van der Waals surface area (Å²) in [6.45, 7) is 0. The maximum Gasteiger partial charge on any atom is 0.332 e. The first-order valence-electron chi connectivity index (χ1n) is 7.14. The lowest BCUT2D eigenvalue weighted by Crippen LogP contribution is -2.23. The van der Waals surface area contributed by atoms with Crippen molar-refractivity contribution in [1.29, 1.82) is 0 Å². The fourth-order valence-electron chi connectivity index (χ4n) is 2.67. The van der Waals surface area contributed by atoms with Crippen molar-refractivity contribution in [2.45, 2.75) is 4.90 Å². The molecular formula is C18H14FNO3S. The normalized spacial score (nSPS) is 14.9. The van der Waals surface area contributed by atoms with Gasteiger partial charge in [-0.3, -0.25) is 9.69 Å². The van der Waals surface area contributed by atoms with Crippen LogP contribution in [0.1, 0.15) is 15.9 Å². The zero-order chi connectivity index (χ0) is 17.3. The number of halogens is 1. The van der Waals surface area contributed by atoms with Gasteiger partial charge in [-0.25, -0.2) is 9.18 Å². The molecule has 1 heterocycles.